The second kappa shape index (κ2) is 8.06. The van der Waals surface area contributed by atoms with E-state index >= 15 is 0 Å². The highest BCUT2D eigenvalue weighted by Gasteiger charge is 2.64. The first-order chi connectivity index (χ1) is 14.1. The van der Waals surface area contributed by atoms with E-state index in [1.807, 2.05) is 0 Å². The summed E-state index contributed by atoms with van der Waals surface area (Å²) in [6.45, 7) is 9.44. The molecule has 11 atom stereocenters. The number of aliphatic hydroxyl groups excluding tert-OH is 2. The summed E-state index contributed by atoms with van der Waals surface area (Å²) in [6, 6.07) is 0. The molecule has 3 unspecified atom stereocenters. The average molecular weight is 421 g/mol. The molecule has 0 aromatic heterocycles. The highest BCUT2D eigenvalue weighted by molar-refractivity contribution is 5.66. The predicted molar refractivity (Wildman–Crippen MR) is 118 cm³/mol. The Hall–Kier alpha value is -0.610. The van der Waals surface area contributed by atoms with E-state index in [1.165, 1.54) is 25.7 Å². The Bertz CT molecular complexity index is 649. The van der Waals surface area contributed by atoms with Crippen molar-refractivity contribution in [1.29, 1.82) is 0 Å². The number of carbonyl (C=O) groups is 1. The largest absolute Gasteiger partial charge is 0.481 e. The number of fused-ring (bicyclic) bond motifs is 5. The molecule has 0 aromatic rings. The van der Waals surface area contributed by atoms with Crippen LogP contribution in [-0.4, -0.2) is 33.5 Å². The summed E-state index contributed by atoms with van der Waals surface area (Å²) in [5.74, 6) is 2.58. The Labute approximate surface area is 182 Å². The van der Waals surface area contributed by atoms with Gasteiger partial charge in [0.1, 0.15) is 0 Å². The van der Waals surface area contributed by atoms with E-state index in [-0.39, 0.29) is 29.5 Å². The molecule has 0 radical (unpaired) electrons. The number of rotatable bonds is 5. The van der Waals surface area contributed by atoms with E-state index in [1.54, 1.807) is 0 Å². The topological polar surface area (TPSA) is 77.8 Å². The molecule has 0 amide bonds. The van der Waals surface area contributed by atoms with Crippen LogP contribution < -0.4 is 0 Å². The van der Waals surface area contributed by atoms with Crippen molar-refractivity contribution in [1.82, 2.24) is 0 Å². The van der Waals surface area contributed by atoms with Crippen LogP contribution >= 0.6 is 0 Å². The van der Waals surface area contributed by atoms with Crippen LogP contribution in [0, 0.1) is 52.3 Å². The van der Waals surface area contributed by atoms with Crippen molar-refractivity contribution in [3.8, 4) is 0 Å². The fourth-order valence-electron chi connectivity index (χ4n) is 9.48. The number of aliphatic hydroxyl groups is 2. The van der Waals surface area contributed by atoms with Gasteiger partial charge in [0.25, 0.3) is 0 Å². The Morgan fingerprint density at radius 3 is 2.33 bits per heavy atom. The van der Waals surface area contributed by atoms with E-state index in [9.17, 15) is 15.0 Å². The van der Waals surface area contributed by atoms with E-state index in [0.29, 0.717) is 41.4 Å². The Kier molecular flexibility index (Phi) is 6.07. The summed E-state index contributed by atoms with van der Waals surface area (Å²) in [7, 11) is 0. The molecule has 0 spiro atoms. The summed E-state index contributed by atoms with van der Waals surface area (Å²) < 4.78 is 0. The van der Waals surface area contributed by atoms with Gasteiger partial charge in [0.15, 0.2) is 0 Å². The third-order valence-corrected chi connectivity index (χ3v) is 11.0. The van der Waals surface area contributed by atoms with Crippen molar-refractivity contribution in [3.05, 3.63) is 0 Å². The minimum atomic E-state index is -0.683. The summed E-state index contributed by atoms with van der Waals surface area (Å²) in [6.07, 6.45) is 9.27. The number of aliphatic carboxylic acids is 1. The van der Waals surface area contributed by atoms with Crippen LogP contribution in [-0.2, 0) is 4.79 Å². The highest BCUT2D eigenvalue weighted by Crippen LogP contribution is 2.69. The zero-order chi connectivity index (χ0) is 21.8. The summed E-state index contributed by atoms with van der Waals surface area (Å²) in [5, 5.41) is 31.3. The van der Waals surface area contributed by atoms with Crippen molar-refractivity contribution in [2.45, 2.75) is 104 Å². The third kappa shape index (κ3) is 3.36. The van der Waals surface area contributed by atoms with Gasteiger partial charge in [-0.2, -0.15) is 0 Å². The van der Waals surface area contributed by atoms with Gasteiger partial charge in [0.05, 0.1) is 12.2 Å². The van der Waals surface area contributed by atoms with Crippen LogP contribution in [0.3, 0.4) is 0 Å². The van der Waals surface area contributed by atoms with Crippen LogP contribution in [0.4, 0.5) is 0 Å². The molecule has 3 N–H and O–H groups in total. The zero-order valence-electron chi connectivity index (χ0n) is 19.5. The maximum Gasteiger partial charge on any atom is 0.303 e. The lowest BCUT2D eigenvalue weighted by atomic mass is 9.41. The van der Waals surface area contributed by atoms with E-state index in [2.05, 4.69) is 27.7 Å². The first-order valence-corrected chi connectivity index (χ1v) is 12.7. The van der Waals surface area contributed by atoms with Gasteiger partial charge in [0, 0.05) is 6.42 Å². The van der Waals surface area contributed by atoms with Gasteiger partial charge in [0.2, 0.25) is 0 Å². The molecule has 172 valence electrons. The van der Waals surface area contributed by atoms with Gasteiger partial charge >= 0.3 is 5.97 Å². The van der Waals surface area contributed by atoms with Crippen molar-refractivity contribution in [2.24, 2.45) is 52.3 Å². The molecule has 0 heterocycles. The fourth-order valence-corrected chi connectivity index (χ4v) is 9.48. The number of carboxylic acid groups (broad SMARTS) is 1. The normalized spacial score (nSPS) is 51.5. The molecular formula is C26H44O4. The average Bonchev–Trinajstić information content (AvgIpc) is 3.05. The molecule has 0 saturated heterocycles. The molecular weight excluding hydrogens is 376 g/mol. The molecule has 4 nitrogen and oxygen atoms in total. The maximum absolute atomic E-state index is 11.7. The first kappa shape index (κ1) is 22.6. The molecule has 0 aromatic carbocycles. The van der Waals surface area contributed by atoms with Gasteiger partial charge < -0.3 is 15.3 Å². The standard InChI is InChI=1S/C26H44O4/c1-5-17-21-14-16(27)10-12-26(21,4)20-11-13-25(3)18(15(2)6-9-22(28)29)7-8-19(25)23(20)24(17)30/h15-21,23-24,27,30H,5-14H2,1-4H3,(H,28,29)/t15-,16-,17-,18?,19?,20?,21+,23+,24-,25-,26-/m1/s1. The molecule has 0 bridgehead atoms. The molecule has 4 heteroatoms. The summed E-state index contributed by atoms with van der Waals surface area (Å²) >= 11 is 0. The molecule has 4 aliphatic carbocycles. The second-order valence-corrected chi connectivity index (χ2v) is 12.0. The van der Waals surface area contributed by atoms with Crippen LogP contribution in [0.25, 0.3) is 0 Å². The lowest BCUT2D eigenvalue weighted by Gasteiger charge is -2.64. The van der Waals surface area contributed by atoms with E-state index in [0.717, 1.165) is 32.1 Å². The lowest BCUT2D eigenvalue weighted by Crippen LogP contribution is -2.62. The molecule has 4 fully saturated rings. The van der Waals surface area contributed by atoms with Gasteiger partial charge in [-0.1, -0.05) is 34.1 Å². The molecule has 30 heavy (non-hydrogen) atoms. The quantitative estimate of drug-likeness (QED) is 0.577. The maximum atomic E-state index is 11.7. The molecule has 4 aliphatic rings. The smallest absolute Gasteiger partial charge is 0.303 e. The Balaban J connectivity index is 1.61. The number of hydrogen-bond donors (Lipinski definition) is 3. The zero-order valence-corrected chi connectivity index (χ0v) is 19.5. The number of hydrogen-bond acceptors (Lipinski definition) is 3. The van der Waals surface area contributed by atoms with Crippen LogP contribution in [0.2, 0.25) is 0 Å². The van der Waals surface area contributed by atoms with Crippen LogP contribution in [0.5, 0.6) is 0 Å². The molecule has 4 saturated carbocycles. The van der Waals surface area contributed by atoms with Crippen molar-refractivity contribution in [2.75, 3.05) is 0 Å². The second-order valence-electron chi connectivity index (χ2n) is 12.0. The minimum absolute atomic E-state index is 0.194. The highest BCUT2D eigenvalue weighted by atomic mass is 16.4. The summed E-state index contributed by atoms with van der Waals surface area (Å²) in [4.78, 5) is 11.1. The van der Waals surface area contributed by atoms with Crippen molar-refractivity contribution >= 4 is 5.97 Å². The van der Waals surface area contributed by atoms with Gasteiger partial charge in [-0.05, 0) is 104 Å². The summed E-state index contributed by atoms with van der Waals surface area (Å²) in [5.41, 5.74) is 0.480. The Morgan fingerprint density at radius 1 is 1.00 bits per heavy atom. The molecule has 4 rings (SSSR count). The SMILES string of the molecule is CC[C@H]1[C@@H](O)[C@H]2C3CCC([C@H](C)CCC(=O)O)[C@@]3(C)CCC2[C@@]2(C)CC[C@@H](O)C[C@@H]12. The van der Waals surface area contributed by atoms with Crippen LogP contribution in [0.15, 0.2) is 0 Å². The fraction of sp³-hybridized carbons (Fsp3) is 0.962. The predicted octanol–water partition coefficient (Wildman–Crippen LogP) is 5.11. The van der Waals surface area contributed by atoms with Crippen molar-refractivity contribution < 1.29 is 20.1 Å². The minimum Gasteiger partial charge on any atom is -0.481 e. The molecule has 0 aliphatic heterocycles. The van der Waals surface area contributed by atoms with E-state index in [4.69, 9.17) is 5.11 Å². The van der Waals surface area contributed by atoms with Gasteiger partial charge in [-0.25, -0.2) is 0 Å². The first-order valence-electron chi connectivity index (χ1n) is 12.7. The van der Waals surface area contributed by atoms with E-state index < -0.39 is 5.97 Å². The third-order valence-electron chi connectivity index (χ3n) is 11.0. The van der Waals surface area contributed by atoms with Gasteiger partial charge in [-0.3, -0.25) is 4.79 Å². The Morgan fingerprint density at radius 2 is 1.67 bits per heavy atom. The van der Waals surface area contributed by atoms with Crippen molar-refractivity contribution in [3.63, 3.8) is 0 Å². The van der Waals surface area contributed by atoms with Crippen LogP contribution in [0.1, 0.15) is 91.9 Å². The van der Waals surface area contributed by atoms with Gasteiger partial charge in [-0.15, -0.1) is 0 Å². The monoisotopic (exact) mass is 420 g/mol. The lowest BCUT2D eigenvalue weighted by molar-refractivity contribution is -0.203. The number of carboxylic acids is 1.